The molecule has 1 amide bonds. The van der Waals surface area contributed by atoms with E-state index in [9.17, 15) is 4.79 Å². The van der Waals surface area contributed by atoms with Gasteiger partial charge in [0.15, 0.2) is 5.76 Å². The number of para-hydroxylation sites is 2. The Bertz CT molecular complexity index is 1120. The minimum atomic E-state index is -0.223. The van der Waals surface area contributed by atoms with E-state index in [4.69, 9.17) is 9.40 Å². The number of aromatic nitrogens is 2. The van der Waals surface area contributed by atoms with Gasteiger partial charge >= 0.3 is 0 Å². The van der Waals surface area contributed by atoms with Crippen molar-refractivity contribution in [3.8, 4) is 11.4 Å². The van der Waals surface area contributed by atoms with Gasteiger partial charge in [-0.25, -0.2) is 4.98 Å². The van der Waals surface area contributed by atoms with Crippen LogP contribution in [0.1, 0.15) is 39.6 Å². The van der Waals surface area contributed by atoms with Crippen LogP contribution in [-0.2, 0) is 12.8 Å². The predicted octanol–water partition coefficient (Wildman–Crippen LogP) is 5.32. The minimum absolute atomic E-state index is 0.223. The van der Waals surface area contributed by atoms with Crippen LogP contribution in [0.4, 0.5) is 5.00 Å². The number of carbonyl (C=O) groups excluding carboxylic acids is 1. The summed E-state index contributed by atoms with van der Waals surface area (Å²) in [5, 5.41) is 3.91. The van der Waals surface area contributed by atoms with Crippen LogP contribution in [0.3, 0.4) is 0 Å². The number of hydrogen-bond acceptors (Lipinski definition) is 4. The maximum atomic E-state index is 12.7. The van der Waals surface area contributed by atoms with Crippen LogP contribution in [0, 0.1) is 6.92 Å². The predicted molar refractivity (Wildman–Crippen MR) is 107 cm³/mol. The number of aryl methyl sites for hydroxylation is 2. The molecule has 3 heterocycles. The van der Waals surface area contributed by atoms with Crippen LogP contribution in [0.5, 0.6) is 0 Å². The molecule has 1 aliphatic carbocycles. The SMILES string of the molecule is Cc1ccc(C(=O)Nc2sc3c(c2-c2nc4ccccc4[nH]2)CCCC3)o1. The fraction of sp³-hybridized carbons (Fsp3) is 0.238. The molecule has 6 heteroatoms. The molecule has 0 fully saturated rings. The van der Waals surface area contributed by atoms with E-state index in [1.807, 2.05) is 31.2 Å². The average molecular weight is 377 g/mol. The van der Waals surface area contributed by atoms with E-state index in [1.54, 1.807) is 23.5 Å². The molecule has 4 aromatic rings. The first kappa shape index (κ1) is 16.3. The molecule has 0 spiro atoms. The molecule has 1 aliphatic rings. The molecule has 0 radical (unpaired) electrons. The first-order chi connectivity index (χ1) is 13.2. The maximum Gasteiger partial charge on any atom is 0.291 e. The number of carbonyl (C=O) groups is 1. The monoisotopic (exact) mass is 377 g/mol. The zero-order valence-electron chi connectivity index (χ0n) is 15.0. The van der Waals surface area contributed by atoms with Gasteiger partial charge in [-0.3, -0.25) is 4.79 Å². The Morgan fingerprint density at radius 3 is 2.85 bits per heavy atom. The summed E-state index contributed by atoms with van der Waals surface area (Å²) in [4.78, 5) is 22.2. The smallest absolute Gasteiger partial charge is 0.291 e. The van der Waals surface area contributed by atoms with Gasteiger partial charge in [-0.05, 0) is 62.4 Å². The number of H-pyrrole nitrogens is 1. The van der Waals surface area contributed by atoms with Gasteiger partial charge in [0.05, 0.1) is 16.6 Å². The van der Waals surface area contributed by atoms with E-state index in [2.05, 4.69) is 10.3 Å². The molecule has 2 N–H and O–H groups in total. The van der Waals surface area contributed by atoms with Gasteiger partial charge < -0.3 is 14.7 Å². The van der Waals surface area contributed by atoms with Gasteiger partial charge in [-0.2, -0.15) is 0 Å². The molecule has 0 saturated carbocycles. The van der Waals surface area contributed by atoms with Crippen molar-refractivity contribution >= 4 is 33.3 Å². The Hall–Kier alpha value is -2.86. The van der Waals surface area contributed by atoms with Crippen LogP contribution >= 0.6 is 11.3 Å². The van der Waals surface area contributed by atoms with Crippen molar-refractivity contribution in [2.75, 3.05) is 5.32 Å². The molecule has 3 aromatic heterocycles. The largest absolute Gasteiger partial charge is 0.456 e. The number of furan rings is 1. The number of hydrogen-bond donors (Lipinski definition) is 2. The summed E-state index contributed by atoms with van der Waals surface area (Å²) in [6.45, 7) is 1.83. The minimum Gasteiger partial charge on any atom is -0.456 e. The van der Waals surface area contributed by atoms with Crippen molar-refractivity contribution in [3.63, 3.8) is 0 Å². The Kier molecular flexibility index (Phi) is 3.86. The highest BCUT2D eigenvalue weighted by Crippen LogP contribution is 2.43. The Labute approximate surface area is 160 Å². The fourth-order valence-corrected chi connectivity index (χ4v) is 4.98. The highest BCUT2D eigenvalue weighted by atomic mass is 32.1. The van der Waals surface area contributed by atoms with Gasteiger partial charge in [-0.1, -0.05) is 12.1 Å². The first-order valence-electron chi connectivity index (χ1n) is 9.16. The number of nitrogens with zero attached hydrogens (tertiary/aromatic N) is 1. The Morgan fingerprint density at radius 1 is 1.19 bits per heavy atom. The fourth-order valence-electron chi connectivity index (χ4n) is 3.70. The second-order valence-electron chi connectivity index (χ2n) is 6.88. The van der Waals surface area contributed by atoms with Crippen LogP contribution in [0.25, 0.3) is 22.4 Å². The topological polar surface area (TPSA) is 70.9 Å². The summed E-state index contributed by atoms with van der Waals surface area (Å²) in [6, 6.07) is 11.5. The third kappa shape index (κ3) is 2.86. The van der Waals surface area contributed by atoms with Crippen molar-refractivity contribution < 1.29 is 9.21 Å². The number of benzene rings is 1. The maximum absolute atomic E-state index is 12.7. The van der Waals surface area contributed by atoms with E-state index in [1.165, 1.54) is 23.3 Å². The summed E-state index contributed by atoms with van der Waals surface area (Å²) in [5.41, 5.74) is 4.28. The molecule has 1 aromatic carbocycles. The van der Waals surface area contributed by atoms with Crippen molar-refractivity contribution in [1.29, 1.82) is 0 Å². The summed E-state index contributed by atoms with van der Waals surface area (Å²) < 4.78 is 5.48. The number of anilines is 1. The van der Waals surface area contributed by atoms with Gasteiger partial charge in [0.1, 0.15) is 16.6 Å². The van der Waals surface area contributed by atoms with Crippen LogP contribution in [0.15, 0.2) is 40.8 Å². The summed E-state index contributed by atoms with van der Waals surface area (Å²) in [5.74, 6) is 1.65. The van der Waals surface area contributed by atoms with Crippen molar-refractivity contribution in [1.82, 2.24) is 9.97 Å². The number of thiophene rings is 1. The molecule has 0 atom stereocenters. The number of amides is 1. The first-order valence-corrected chi connectivity index (χ1v) is 9.98. The number of nitrogens with one attached hydrogen (secondary N) is 2. The quantitative estimate of drug-likeness (QED) is 0.507. The molecule has 0 unspecified atom stereocenters. The second kappa shape index (κ2) is 6.39. The highest BCUT2D eigenvalue weighted by Gasteiger charge is 2.25. The van der Waals surface area contributed by atoms with Gasteiger partial charge in [0.25, 0.3) is 5.91 Å². The van der Waals surface area contributed by atoms with Crippen molar-refractivity contribution in [2.45, 2.75) is 32.6 Å². The molecule has 5 rings (SSSR count). The summed E-state index contributed by atoms with van der Waals surface area (Å²) >= 11 is 1.66. The van der Waals surface area contributed by atoms with Gasteiger partial charge in [0, 0.05) is 4.88 Å². The third-order valence-corrected chi connectivity index (χ3v) is 6.20. The number of imidazole rings is 1. The lowest BCUT2D eigenvalue weighted by Crippen LogP contribution is -2.10. The molecular weight excluding hydrogens is 358 g/mol. The number of aromatic amines is 1. The molecule has 136 valence electrons. The Morgan fingerprint density at radius 2 is 2.04 bits per heavy atom. The van der Waals surface area contributed by atoms with Crippen LogP contribution in [0.2, 0.25) is 0 Å². The highest BCUT2D eigenvalue weighted by molar-refractivity contribution is 7.17. The molecular formula is C21H19N3O2S. The molecule has 0 bridgehead atoms. The number of fused-ring (bicyclic) bond motifs is 2. The van der Waals surface area contributed by atoms with E-state index in [-0.39, 0.29) is 5.91 Å². The molecule has 0 saturated heterocycles. The van der Waals surface area contributed by atoms with Gasteiger partial charge in [0.2, 0.25) is 0 Å². The van der Waals surface area contributed by atoms with Crippen LogP contribution < -0.4 is 5.32 Å². The molecule has 0 aliphatic heterocycles. The Balaban J connectivity index is 1.60. The molecule has 27 heavy (non-hydrogen) atoms. The van der Waals surface area contributed by atoms with Gasteiger partial charge in [-0.15, -0.1) is 11.3 Å². The van der Waals surface area contributed by atoms with Crippen molar-refractivity contribution in [2.24, 2.45) is 0 Å². The van der Waals surface area contributed by atoms with Crippen LogP contribution in [-0.4, -0.2) is 15.9 Å². The zero-order valence-corrected chi connectivity index (χ0v) is 15.8. The standard InChI is InChI=1S/C21H19N3O2S/c1-12-10-11-16(26-12)20(25)24-21-18(13-6-2-5-9-17(13)27-21)19-22-14-7-3-4-8-15(14)23-19/h3-4,7-8,10-11H,2,5-6,9H2,1H3,(H,22,23)(H,24,25). The lowest BCUT2D eigenvalue weighted by molar-refractivity contribution is 0.0996. The third-order valence-electron chi connectivity index (χ3n) is 4.99. The summed E-state index contributed by atoms with van der Waals surface area (Å²) in [7, 11) is 0. The summed E-state index contributed by atoms with van der Waals surface area (Å²) in [6.07, 6.45) is 4.44. The zero-order chi connectivity index (χ0) is 18.4. The van der Waals surface area contributed by atoms with E-state index in [0.717, 1.165) is 46.0 Å². The van der Waals surface area contributed by atoms with Crippen molar-refractivity contribution in [3.05, 3.63) is 58.4 Å². The lowest BCUT2D eigenvalue weighted by atomic mass is 9.95. The molecule has 5 nitrogen and oxygen atoms in total. The van der Waals surface area contributed by atoms with E-state index >= 15 is 0 Å². The normalized spacial score (nSPS) is 13.7. The second-order valence-corrected chi connectivity index (χ2v) is 7.99. The lowest BCUT2D eigenvalue weighted by Gasteiger charge is -2.11. The number of rotatable bonds is 3. The van der Waals surface area contributed by atoms with E-state index in [0.29, 0.717) is 5.76 Å². The average Bonchev–Trinajstić information content (AvgIpc) is 3.36. The van der Waals surface area contributed by atoms with E-state index < -0.39 is 0 Å².